The molecule has 0 bridgehead atoms. The Kier molecular flexibility index (Phi) is 11.7. The first-order valence-electron chi connectivity index (χ1n) is 14.6. The molecule has 2 fully saturated rings. The van der Waals surface area contributed by atoms with Gasteiger partial charge in [-0.15, -0.1) is 0 Å². The molecule has 0 saturated carbocycles. The van der Waals surface area contributed by atoms with Gasteiger partial charge in [-0.1, -0.05) is 30.3 Å². The highest BCUT2D eigenvalue weighted by atomic mass is 16.3. The number of quaternary nitrogens is 1. The van der Waals surface area contributed by atoms with Crippen molar-refractivity contribution in [1.82, 2.24) is 25.8 Å². The summed E-state index contributed by atoms with van der Waals surface area (Å²) in [5.41, 5.74) is 4.06. The second kappa shape index (κ2) is 15.0. The minimum Gasteiger partial charge on any atom is -0.391 e. The first-order chi connectivity index (χ1) is 20.3. The second-order valence-corrected chi connectivity index (χ2v) is 11.2. The number of likely N-dealkylation sites (tertiary alicyclic amines) is 2. The molecular formula is C29H43N6O8+. The van der Waals surface area contributed by atoms with Crippen LogP contribution in [0.2, 0.25) is 0 Å². The highest BCUT2D eigenvalue weighted by molar-refractivity contribution is 5.96. The van der Waals surface area contributed by atoms with E-state index in [1.54, 1.807) is 24.3 Å². The molecule has 7 unspecified atom stereocenters. The molecule has 3 rings (SSSR count). The van der Waals surface area contributed by atoms with E-state index in [4.69, 9.17) is 0 Å². The molecular weight excluding hydrogens is 560 g/mol. The molecule has 14 heteroatoms. The van der Waals surface area contributed by atoms with E-state index in [9.17, 15) is 39.0 Å². The predicted molar refractivity (Wildman–Crippen MR) is 152 cm³/mol. The lowest BCUT2D eigenvalue weighted by Crippen LogP contribution is -2.69. The molecule has 43 heavy (non-hydrogen) atoms. The number of nitrogens with zero attached hydrogens (tertiary/aromatic N) is 2. The molecule has 7 atom stereocenters. The standard InChI is InChI=1S/C29H42N6O8/c1-16(36)23(25(30)39)32-27(41)21-11-7-13-34(21)28(42)22-12-8-14-35(22)29(43)24(17(2)37)33-26(40)20(31-18(3)38)15-19-9-5-4-6-10-19/h4-6,9-10,16-17,20-24,36-37H,7-8,11-15H2,1-3H3,(H2,30,39)(H,31,38)(H,32,41)(H,33,40)/p+1. The van der Waals surface area contributed by atoms with Gasteiger partial charge in [0.1, 0.15) is 24.2 Å². The maximum Gasteiger partial charge on any atom is 0.333 e. The van der Waals surface area contributed by atoms with E-state index < -0.39 is 77.9 Å². The zero-order valence-electron chi connectivity index (χ0n) is 24.8. The van der Waals surface area contributed by atoms with Gasteiger partial charge in [-0.05, 0) is 45.1 Å². The van der Waals surface area contributed by atoms with Crippen LogP contribution >= 0.6 is 0 Å². The number of benzene rings is 1. The summed E-state index contributed by atoms with van der Waals surface area (Å²) in [6.07, 6.45) is -0.638. The summed E-state index contributed by atoms with van der Waals surface area (Å²) < 4.78 is 0. The van der Waals surface area contributed by atoms with E-state index in [1.165, 1.54) is 30.6 Å². The van der Waals surface area contributed by atoms with Crippen LogP contribution in [0.1, 0.15) is 52.0 Å². The Hall–Kier alpha value is -3.88. The van der Waals surface area contributed by atoms with Gasteiger partial charge < -0.3 is 36.0 Å². The molecule has 1 aromatic rings. The lowest BCUT2D eigenvalue weighted by atomic mass is 10.0. The lowest BCUT2D eigenvalue weighted by molar-refractivity contribution is -0.310. The Balaban J connectivity index is 1.74. The molecule has 2 aliphatic rings. The first kappa shape index (κ1) is 33.6. The number of hydrogen-bond donors (Lipinski definition) is 6. The summed E-state index contributed by atoms with van der Waals surface area (Å²) in [7, 11) is 0. The van der Waals surface area contributed by atoms with Crippen LogP contribution in [0.15, 0.2) is 30.3 Å². The SMILES string of the molecule is CC(=O)NC(Cc1ccccc1)C(=O)NC(C(=O)N1CCCC1C(=O)N1CCCC1C(=O)NC(C([NH3+])=O)C(C)O)C(C)O. The molecule has 2 aliphatic heterocycles. The van der Waals surface area contributed by atoms with E-state index in [1.807, 2.05) is 6.07 Å². The van der Waals surface area contributed by atoms with Gasteiger partial charge in [-0.3, -0.25) is 29.7 Å². The van der Waals surface area contributed by atoms with Gasteiger partial charge in [0, 0.05) is 26.4 Å². The van der Waals surface area contributed by atoms with Gasteiger partial charge in [0.2, 0.25) is 29.5 Å². The largest absolute Gasteiger partial charge is 0.391 e. The van der Waals surface area contributed by atoms with Crippen molar-refractivity contribution in [1.29, 1.82) is 0 Å². The lowest BCUT2D eigenvalue weighted by Gasteiger charge is -2.34. The summed E-state index contributed by atoms with van der Waals surface area (Å²) in [5.74, 6) is -3.47. The number of aliphatic hydroxyl groups excluding tert-OH is 2. The van der Waals surface area contributed by atoms with E-state index in [2.05, 4.69) is 21.7 Å². The van der Waals surface area contributed by atoms with Crippen molar-refractivity contribution in [2.45, 2.75) is 95.3 Å². The minimum atomic E-state index is -1.39. The Labute approximate surface area is 250 Å². The number of hydrogen-bond acceptors (Lipinski definition) is 8. The van der Waals surface area contributed by atoms with Crippen molar-refractivity contribution in [2.24, 2.45) is 0 Å². The Bertz CT molecular complexity index is 1190. The zero-order chi connectivity index (χ0) is 31.8. The molecule has 6 amide bonds. The van der Waals surface area contributed by atoms with Crippen molar-refractivity contribution in [3.63, 3.8) is 0 Å². The summed E-state index contributed by atoms with van der Waals surface area (Å²) in [6.45, 7) is 4.45. The number of aliphatic hydroxyl groups is 2. The Morgan fingerprint density at radius 2 is 1.44 bits per heavy atom. The maximum absolute atomic E-state index is 13.7. The van der Waals surface area contributed by atoms with Gasteiger partial charge >= 0.3 is 5.91 Å². The van der Waals surface area contributed by atoms with Crippen molar-refractivity contribution in [3.05, 3.63) is 35.9 Å². The fourth-order valence-corrected chi connectivity index (χ4v) is 5.63. The third-order valence-corrected chi connectivity index (χ3v) is 7.81. The number of carbonyl (C=O) groups excluding carboxylic acids is 6. The summed E-state index contributed by atoms with van der Waals surface area (Å²) in [5, 5.41) is 28.0. The highest BCUT2D eigenvalue weighted by Gasteiger charge is 2.45. The van der Waals surface area contributed by atoms with Crippen LogP contribution in [0.3, 0.4) is 0 Å². The summed E-state index contributed by atoms with van der Waals surface area (Å²) >= 11 is 0. The average Bonchev–Trinajstić information content (AvgIpc) is 3.64. The molecule has 0 spiro atoms. The third-order valence-electron chi connectivity index (χ3n) is 7.81. The first-order valence-corrected chi connectivity index (χ1v) is 14.6. The molecule has 0 aromatic heterocycles. The van der Waals surface area contributed by atoms with Gasteiger partial charge in [-0.2, -0.15) is 0 Å². The fraction of sp³-hybridized carbons (Fsp3) is 0.586. The summed E-state index contributed by atoms with van der Waals surface area (Å²) in [4.78, 5) is 80.0. The van der Waals surface area contributed by atoms with Crippen molar-refractivity contribution >= 4 is 35.4 Å². The third kappa shape index (κ3) is 8.58. The van der Waals surface area contributed by atoms with Crippen LogP contribution in [0.4, 0.5) is 0 Å². The Morgan fingerprint density at radius 1 is 0.860 bits per heavy atom. The number of amides is 6. The van der Waals surface area contributed by atoms with Crippen molar-refractivity contribution in [3.8, 4) is 0 Å². The zero-order valence-corrected chi connectivity index (χ0v) is 24.8. The maximum atomic E-state index is 13.7. The molecule has 14 nitrogen and oxygen atoms in total. The van der Waals surface area contributed by atoms with Gasteiger partial charge in [0.05, 0.1) is 12.2 Å². The smallest absolute Gasteiger partial charge is 0.333 e. The number of carbonyl (C=O) groups is 6. The van der Waals surface area contributed by atoms with Crippen molar-refractivity contribution in [2.75, 3.05) is 13.1 Å². The van der Waals surface area contributed by atoms with Crippen LogP contribution < -0.4 is 21.7 Å². The second-order valence-electron chi connectivity index (χ2n) is 11.2. The van der Waals surface area contributed by atoms with E-state index in [0.717, 1.165) is 5.56 Å². The van der Waals surface area contributed by atoms with Gasteiger partial charge in [0.25, 0.3) is 0 Å². The molecule has 0 aliphatic carbocycles. The van der Waals surface area contributed by atoms with E-state index in [0.29, 0.717) is 25.7 Å². The molecule has 0 radical (unpaired) electrons. The van der Waals surface area contributed by atoms with Crippen LogP contribution in [-0.4, -0.2) is 111 Å². The van der Waals surface area contributed by atoms with Crippen LogP contribution in [0.25, 0.3) is 0 Å². The minimum absolute atomic E-state index is 0.159. The molecule has 236 valence electrons. The Morgan fingerprint density at radius 3 is 2.00 bits per heavy atom. The molecule has 8 N–H and O–H groups in total. The molecule has 2 saturated heterocycles. The molecule has 2 heterocycles. The normalized spacial score (nSPS) is 21.7. The van der Waals surface area contributed by atoms with Gasteiger partial charge in [-0.25, -0.2) is 4.79 Å². The monoisotopic (exact) mass is 603 g/mol. The molecule has 1 aromatic carbocycles. The van der Waals surface area contributed by atoms with Crippen LogP contribution in [0.5, 0.6) is 0 Å². The topological polar surface area (TPSA) is 213 Å². The summed E-state index contributed by atoms with van der Waals surface area (Å²) in [6, 6.07) is 3.58. The number of rotatable bonds is 12. The van der Waals surface area contributed by atoms with E-state index >= 15 is 0 Å². The number of nitrogens with one attached hydrogen (secondary N) is 3. The van der Waals surface area contributed by atoms with Crippen LogP contribution in [0, 0.1) is 0 Å². The van der Waals surface area contributed by atoms with Crippen molar-refractivity contribution < 1.29 is 44.7 Å². The van der Waals surface area contributed by atoms with Gasteiger partial charge in [0.15, 0.2) is 6.04 Å². The quantitative estimate of drug-likeness (QED) is 0.147. The van der Waals surface area contributed by atoms with E-state index in [-0.39, 0.29) is 19.5 Å². The average molecular weight is 604 g/mol. The predicted octanol–water partition coefficient (Wildman–Crippen LogP) is -2.78. The van der Waals surface area contributed by atoms with Crippen LogP contribution in [-0.2, 0) is 35.2 Å². The highest BCUT2D eigenvalue weighted by Crippen LogP contribution is 2.26. The fourth-order valence-electron chi connectivity index (χ4n) is 5.63.